The number of amides is 1. The van der Waals surface area contributed by atoms with Crippen LogP contribution in [-0.4, -0.2) is 28.6 Å². The van der Waals surface area contributed by atoms with Gasteiger partial charge in [-0.1, -0.05) is 12.8 Å². The predicted molar refractivity (Wildman–Crippen MR) is 66.9 cm³/mol. The van der Waals surface area contributed by atoms with E-state index in [9.17, 15) is 9.59 Å². The van der Waals surface area contributed by atoms with E-state index < -0.39 is 11.5 Å². The maximum absolute atomic E-state index is 12.2. The molecule has 0 radical (unpaired) electrons. The summed E-state index contributed by atoms with van der Waals surface area (Å²) < 4.78 is 0. The molecule has 0 spiro atoms. The van der Waals surface area contributed by atoms with E-state index in [1.165, 1.54) is 0 Å². The highest BCUT2D eigenvalue weighted by Gasteiger charge is 2.42. The monoisotopic (exact) mass is 254 g/mol. The largest absolute Gasteiger partial charge is 0.481 e. The summed E-state index contributed by atoms with van der Waals surface area (Å²) in [5.74, 6) is -1.02. The molecule has 2 atom stereocenters. The average molecular weight is 254 g/mol. The minimum Gasteiger partial charge on any atom is -0.481 e. The van der Waals surface area contributed by atoms with Crippen molar-refractivity contribution in [3.8, 4) is 0 Å². The normalized spacial score (nSPS) is 30.3. The van der Waals surface area contributed by atoms with Gasteiger partial charge in [-0.15, -0.1) is 0 Å². The molecule has 5 nitrogen and oxygen atoms in total. The van der Waals surface area contributed by atoms with E-state index in [1.54, 1.807) is 0 Å². The molecule has 0 bridgehead atoms. The first-order valence-electron chi connectivity index (χ1n) is 6.82. The number of hydrogen-bond acceptors (Lipinski definition) is 3. The fraction of sp³-hybridized carbons (Fsp3) is 0.846. The number of nitrogens with one attached hydrogen (secondary N) is 1. The molecule has 102 valence electrons. The molecule has 0 aliphatic heterocycles. The van der Waals surface area contributed by atoms with Crippen LogP contribution >= 0.6 is 0 Å². The number of aliphatic carboxylic acids is 1. The summed E-state index contributed by atoms with van der Waals surface area (Å²) in [6.07, 6.45) is 6.41. The van der Waals surface area contributed by atoms with Crippen LogP contribution in [0, 0.1) is 5.92 Å². The minimum atomic E-state index is -0.844. The van der Waals surface area contributed by atoms with Crippen molar-refractivity contribution in [3.63, 3.8) is 0 Å². The van der Waals surface area contributed by atoms with Crippen molar-refractivity contribution in [2.24, 2.45) is 11.7 Å². The van der Waals surface area contributed by atoms with E-state index in [-0.39, 0.29) is 24.3 Å². The van der Waals surface area contributed by atoms with Crippen molar-refractivity contribution in [3.05, 3.63) is 0 Å². The Hall–Kier alpha value is -1.10. The lowest BCUT2D eigenvalue weighted by atomic mass is 9.73. The van der Waals surface area contributed by atoms with Gasteiger partial charge in [-0.25, -0.2) is 0 Å². The van der Waals surface area contributed by atoms with Gasteiger partial charge in [-0.2, -0.15) is 0 Å². The number of carboxylic acid groups (broad SMARTS) is 1. The van der Waals surface area contributed by atoms with E-state index in [1.807, 2.05) is 0 Å². The van der Waals surface area contributed by atoms with Crippen LogP contribution in [0.1, 0.15) is 51.4 Å². The van der Waals surface area contributed by atoms with E-state index in [4.69, 9.17) is 10.8 Å². The van der Waals surface area contributed by atoms with Gasteiger partial charge in [0.2, 0.25) is 5.91 Å². The van der Waals surface area contributed by atoms with Gasteiger partial charge in [-0.3, -0.25) is 9.59 Å². The molecule has 0 aromatic carbocycles. The molecule has 0 saturated heterocycles. The third kappa shape index (κ3) is 2.83. The van der Waals surface area contributed by atoms with E-state index in [0.29, 0.717) is 0 Å². The molecule has 2 fully saturated rings. The zero-order valence-electron chi connectivity index (χ0n) is 10.7. The lowest BCUT2D eigenvalue weighted by Crippen LogP contribution is -2.58. The van der Waals surface area contributed by atoms with Gasteiger partial charge in [0.25, 0.3) is 0 Å². The third-order valence-electron chi connectivity index (χ3n) is 4.34. The quantitative estimate of drug-likeness (QED) is 0.698. The smallest absolute Gasteiger partial charge is 0.305 e. The molecule has 4 N–H and O–H groups in total. The van der Waals surface area contributed by atoms with Gasteiger partial charge in [0, 0.05) is 6.04 Å². The first-order chi connectivity index (χ1) is 8.52. The second-order valence-corrected chi connectivity index (χ2v) is 5.75. The van der Waals surface area contributed by atoms with E-state index in [0.717, 1.165) is 44.9 Å². The zero-order valence-corrected chi connectivity index (χ0v) is 10.7. The van der Waals surface area contributed by atoms with Crippen LogP contribution in [0.5, 0.6) is 0 Å². The molecule has 5 heteroatoms. The topological polar surface area (TPSA) is 92.4 Å². The molecule has 0 aromatic heterocycles. The third-order valence-corrected chi connectivity index (χ3v) is 4.34. The van der Waals surface area contributed by atoms with Crippen molar-refractivity contribution < 1.29 is 14.7 Å². The summed E-state index contributed by atoms with van der Waals surface area (Å²) in [6, 6.07) is -0.0688. The van der Waals surface area contributed by atoms with E-state index >= 15 is 0 Å². The standard InChI is InChI=1S/C13H22N2O3/c14-10-5-2-1-4-9(10)12(18)15-13(6-3-7-13)8-11(16)17/h9-10H,1-8,14H2,(H,15,18)(H,16,17). The van der Waals surface area contributed by atoms with Crippen LogP contribution < -0.4 is 11.1 Å². The molecule has 2 rings (SSSR count). The summed E-state index contributed by atoms with van der Waals surface area (Å²) in [7, 11) is 0. The highest BCUT2D eigenvalue weighted by atomic mass is 16.4. The Morgan fingerprint density at radius 3 is 2.39 bits per heavy atom. The number of carboxylic acids is 1. The Kier molecular flexibility index (Phi) is 3.90. The van der Waals surface area contributed by atoms with Crippen LogP contribution in [0.2, 0.25) is 0 Å². The molecule has 0 aromatic rings. The lowest BCUT2D eigenvalue weighted by molar-refractivity contribution is -0.141. The van der Waals surface area contributed by atoms with Gasteiger partial charge in [0.05, 0.1) is 17.9 Å². The fourth-order valence-corrected chi connectivity index (χ4v) is 3.08. The SMILES string of the molecule is NC1CCCCC1C(=O)NC1(CC(=O)O)CCC1. The molecule has 0 heterocycles. The maximum Gasteiger partial charge on any atom is 0.305 e. The molecular formula is C13H22N2O3. The predicted octanol–water partition coefficient (Wildman–Crippen LogP) is 1.02. The van der Waals surface area contributed by atoms with Gasteiger partial charge >= 0.3 is 5.97 Å². The van der Waals surface area contributed by atoms with Crippen molar-refractivity contribution >= 4 is 11.9 Å². The highest BCUT2D eigenvalue weighted by molar-refractivity contribution is 5.81. The summed E-state index contributed by atoms with van der Waals surface area (Å²) in [5.41, 5.74) is 5.48. The number of carbonyl (C=O) groups is 2. The molecule has 2 unspecified atom stereocenters. The Morgan fingerprint density at radius 1 is 1.22 bits per heavy atom. The van der Waals surface area contributed by atoms with Crippen molar-refractivity contribution in [1.29, 1.82) is 0 Å². The second-order valence-electron chi connectivity index (χ2n) is 5.75. The average Bonchev–Trinajstić information content (AvgIpc) is 2.25. The number of rotatable bonds is 4. The second kappa shape index (κ2) is 5.26. The van der Waals surface area contributed by atoms with Crippen molar-refractivity contribution in [2.75, 3.05) is 0 Å². The van der Waals surface area contributed by atoms with Crippen LogP contribution in [-0.2, 0) is 9.59 Å². The minimum absolute atomic E-state index is 0.0285. The van der Waals surface area contributed by atoms with Gasteiger partial charge in [0.15, 0.2) is 0 Å². The summed E-state index contributed by atoms with van der Waals surface area (Å²) in [5, 5.41) is 11.9. The summed E-state index contributed by atoms with van der Waals surface area (Å²) in [4.78, 5) is 23.1. The fourth-order valence-electron chi connectivity index (χ4n) is 3.08. The number of hydrogen-bond donors (Lipinski definition) is 3. The van der Waals surface area contributed by atoms with Crippen LogP contribution in [0.15, 0.2) is 0 Å². The highest BCUT2D eigenvalue weighted by Crippen LogP contribution is 2.36. The Morgan fingerprint density at radius 2 is 1.89 bits per heavy atom. The van der Waals surface area contributed by atoms with Crippen molar-refractivity contribution in [2.45, 2.75) is 62.9 Å². The van der Waals surface area contributed by atoms with E-state index in [2.05, 4.69) is 5.32 Å². The first kappa shape index (κ1) is 13.3. The zero-order chi connectivity index (χ0) is 13.2. The van der Waals surface area contributed by atoms with Gasteiger partial charge in [0.1, 0.15) is 0 Å². The molecule has 1 amide bonds. The van der Waals surface area contributed by atoms with Gasteiger partial charge < -0.3 is 16.2 Å². The summed E-state index contributed by atoms with van der Waals surface area (Å²) >= 11 is 0. The van der Waals surface area contributed by atoms with Gasteiger partial charge in [-0.05, 0) is 32.1 Å². The number of nitrogens with two attached hydrogens (primary N) is 1. The van der Waals surface area contributed by atoms with Crippen LogP contribution in [0.3, 0.4) is 0 Å². The summed E-state index contributed by atoms with van der Waals surface area (Å²) in [6.45, 7) is 0. The molecule has 2 saturated carbocycles. The van der Waals surface area contributed by atoms with Crippen LogP contribution in [0.4, 0.5) is 0 Å². The van der Waals surface area contributed by atoms with Crippen molar-refractivity contribution in [1.82, 2.24) is 5.32 Å². The lowest BCUT2D eigenvalue weighted by Gasteiger charge is -2.43. The number of carbonyl (C=O) groups excluding carboxylic acids is 1. The first-order valence-corrected chi connectivity index (χ1v) is 6.82. The maximum atomic E-state index is 12.2. The molecule has 2 aliphatic carbocycles. The Balaban J connectivity index is 1.94. The molecule has 2 aliphatic rings. The Labute approximate surface area is 107 Å². The Bertz CT molecular complexity index is 339. The molecular weight excluding hydrogens is 232 g/mol. The molecule has 18 heavy (non-hydrogen) atoms. The van der Waals surface area contributed by atoms with Crippen LogP contribution in [0.25, 0.3) is 0 Å².